The number of allylic oxidation sites excluding steroid dienone is 1. The number of nitrogens with zero attached hydrogens (tertiary/aromatic N) is 1. The number of carbonyl (C=O) groups excluding carboxylic acids is 2. The number of ketones is 1. The topological polar surface area (TPSA) is 123 Å². The van der Waals surface area contributed by atoms with Gasteiger partial charge in [-0.3, -0.25) is 14.9 Å². The Morgan fingerprint density at radius 2 is 1.66 bits per heavy atom. The molecule has 0 aliphatic carbocycles. The first-order valence-electron chi connectivity index (χ1n) is 10.2. The van der Waals surface area contributed by atoms with Crippen LogP contribution in [0.3, 0.4) is 0 Å². The molecule has 0 saturated heterocycles. The van der Waals surface area contributed by atoms with Crippen LogP contribution in [-0.2, 0) is 0 Å². The van der Waals surface area contributed by atoms with Gasteiger partial charge in [0.15, 0.2) is 17.3 Å². The number of methoxy groups -OCH3 is 3. The highest BCUT2D eigenvalue weighted by Crippen LogP contribution is 2.42. The standard InChI is InChI=1S/C25H19NO9/c1-31-19-11-6-15(23(32-2)24(19)33-3)12-21-22(27)18-10-9-17(13-20(18)35-21)34-25(28)14-4-7-16(8-5-14)26(29)30/h4-13H,1-3H3/b21-12-. The lowest BCUT2D eigenvalue weighted by Crippen LogP contribution is -2.08. The number of ether oxygens (including phenoxy) is 5. The summed E-state index contributed by atoms with van der Waals surface area (Å²) in [6.45, 7) is 0. The molecule has 1 heterocycles. The molecule has 10 nitrogen and oxygen atoms in total. The Labute approximate surface area is 199 Å². The summed E-state index contributed by atoms with van der Waals surface area (Å²) >= 11 is 0. The smallest absolute Gasteiger partial charge is 0.343 e. The van der Waals surface area contributed by atoms with Crippen LogP contribution in [0.25, 0.3) is 6.08 Å². The molecule has 0 aromatic heterocycles. The molecule has 3 aromatic rings. The van der Waals surface area contributed by atoms with Crippen molar-refractivity contribution in [2.45, 2.75) is 0 Å². The van der Waals surface area contributed by atoms with E-state index < -0.39 is 10.9 Å². The Morgan fingerprint density at radius 1 is 0.943 bits per heavy atom. The molecule has 1 aliphatic heterocycles. The van der Waals surface area contributed by atoms with Gasteiger partial charge in [0.25, 0.3) is 5.69 Å². The maximum Gasteiger partial charge on any atom is 0.343 e. The number of nitro groups is 1. The van der Waals surface area contributed by atoms with Crippen molar-refractivity contribution in [2.24, 2.45) is 0 Å². The van der Waals surface area contributed by atoms with Gasteiger partial charge in [-0.15, -0.1) is 0 Å². The van der Waals surface area contributed by atoms with E-state index in [1.54, 1.807) is 12.1 Å². The summed E-state index contributed by atoms with van der Waals surface area (Å²) in [5.74, 6) is 0.536. The van der Waals surface area contributed by atoms with Crippen LogP contribution in [0.5, 0.6) is 28.7 Å². The first kappa shape index (κ1) is 23.3. The van der Waals surface area contributed by atoms with Crippen LogP contribution in [0.1, 0.15) is 26.3 Å². The second-order valence-electron chi connectivity index (χ2n) is 7.21. The largest absolute Gasteiger partial charge is 0.493 e. The monoisotopic (exact) mass is 477 g/mol. The van der Waals surface area contributed by atoms with Gasteiger partial charge in [0.2, 0.25) is 11.5 Å². The molecule has 0 unspecified atom stereocenters. The molecule has 0 amide bonds. The number of rotatable bonds is 7. The van der Waals surface area contributed by atoms with Gasteiger partial charge in [-0.2, -0.15) is 0 Å². The molecule has 0 radical (unpaired) electrons. The Morgan fingerprint density at radius 3 is 2.29 bits per heavy atom. The van der Waals surface area contributed by atoms with Crippen LogP contribution in [-0.4, -0.2) is 38.0 Å². The minimum Gasteiger partial charge on any atom is -0.493 e. The van der Waals surface area contributed by atoms with Gasteiger partial charge in [0, 0.05) is 23.8 Å². The Hall–Kier alpha value is -4.86. The molecule has 3 aromatic carbocycles. The van der Waals surface area contributed by atoms with Crippen molar-refractivity contribution >= 4 is 23.5 Å². The zero-order chi connectivity index (χ0) is 25.1. The average molecular weight is 477 g/mol. The fourth-order valence-corrected chi connectivity index (χ4v) is 3.50. The third-order valence-corrected chi connectivity index (χ3v) is 5.19. The number of esters is 1. The maximum atomic E-state index is 12.9. The quantitative estimate of drug-likeness (QED) is 0.160. The van der Waals surface area contributed by atoms with Crippen LogP contribution in [0.4, 0.5) is 5.69 Å². The van der Waals surface area contributed by atoms with Crippen molar-refractivity contribution in [3.63, 3.8) is 0 Å². The molecule has 35 heavy (non-hydrogen) atoms. The third-order valence-electron chi connectivity index (χ3n) is 5.19. The molecule has 0 atom stereocenters. The molecule has 0 saturated carbocycles. The summed E-state index contributed by atoms with van der Waals surface area (Å²) in [5.41, 5.74) is 0.822. The second-order valence-corrected chi connectivity index (χ2v) is 7.21. The summed E-state index contributed by atoms with van der Waals surface area (Å²) in [5, 5.41) is 10.8. The van der Waals surface area contributed by atoms with Crippen LogP contribution < -0.4 is 23.7 Å². The summed E-state index contributed by atoms with van der Waals surface area (Å²) < 4.78 is 27.2. The van der Waals surface area contributed by atoms with Crippen molar-refractivity contribution in [3.05, 3.63) is 87.2 Å². The normalized spacial score (nSPS) is 13.1. The molecule has 4 rings (SSSR count). The van der Waals surface area contributed by atoms with Crippen molar-refractivity contribution in [2.75, 3.05) is 21.3 Å². The molecule has 0 N–H and O–H groups in total. The highest BCUT2D eigenvalue weighted by molar-refractivity contribution is 6.14. The van der Waals surface area contributed by atoms with Gasteiger partial charge in [0.05, 0.1) is 37.4 Å². The van der Waals surface area contributed by atoms with Crippen molar-refractivity contribution in [1.82, 2.24) is 0 Å². The van der Waals surface area contributed by atoms with Gasteiger partial charge in [-0.1, -0.05) is 0 Å². The zero-order valence-electron chi connectivity index (χ0n) is 18.9. The maximum absolute atomic E-state index is 12.9. The van der Waals surface area contributed by atoms with Crippen LogP contribution in [0.2, 0.25) is 0 Å². The third kappa shape index (κ3) is 4.49. The Balaban J connectivity index is 1.57. The average Bonchev–Trinajstić information content (AvgIpc) is 3.17. The van der Waals surface area contributed by atoms with E-state index in [2.05, 4.69) is 0 Å². The van der Waals surface area contributed by atoms with Crippen LogP contribution >= 0.6 is 0 Å². The number of Topliss-reactive ketones (excluding diaryl/α,β-unsaturated/α-hetero) is 1. The van der Waals surface area contributed by atoms with Gasteiger partial charge < -0.3 is 23.7 Å². The molecular formula is C25H19NO9. The van der Waals surface area contributed by atoms with E-state index >= 15 is 0 Å². The number of fused-ring (bicyclic) bond motifs is 1. The van der Waals surface area contributed by atoms with E-state index in [0.717, 1.165) is 0 Å². The predicted octanol–water partition coefficient (Wildman–Crippen LogP) is 4.46. The summed E-state index contributed by atoms with van der Waals surface area (Å²) in [4.78, 5) is 35.5. The molecule has 10 heteroatoms. The van der Waals surface area contributed by atoms with E-state index in [-0.39, 0.29) is 34.3 Å². The fourth-order valence-electron chi connectivity index (χ4n) is 3.50. The first-order chi connectivity index (χ1) is 16.9. The highest BCUT2D eigenvalue weighted by atomic mass is 16.6. The van der Waals surface area contributed by atoms with Gasteiger partial charge >= 0.3 is 5.97 Å². The van der Waals surface area contributed by atoms with Gasteiger partial charge in [-0.05, 0) is 42.5 Å². The Kier molecular flexibility index (Phi) is 6.36. The summed E-state index contributed by atoms with van der Waals surface area (Å²) in [6, 6.07) is 12.8. The van der Waals surface area contributed by atoms with E-state index in [9.17, 15) is 19.7 Å². The molecule has 0 spiro atoms. The lowest BCUT2D eigenvalue weighted by Gasteiger charge is -2.14. The zero-order valence-corrected chi connectivity index (χ0v) is 18.9. The molecule has 0 bridgehead atoms. The summed E-state index contributed by atoms with van der Waals surface area (Å²) in [6.07, 6.45) is 1.52. The van der Waals surface area contributed by atoms with E-state index in [1.165, 1.54) is 69.9 Å². The number of nitro benzene ring substituents is 1. The second kappa shape index (κ2) is 9.56. The van der Waals surface area contributed by atoms with E-state index in [4.69, 9.17) is 23.7 Å². The lowest BCUT2D eigenvalue weighted by atomic mass is 10.1. The van der Waals surface area contributed by atoms with E-state index in [1.807, 2.05) is 0 Å². The molecule has 1 aliphatic rings. The molecule has 178 valence electrons. The number of carbonyl (C=O) groups is 2. The first-order valence-corrected chi connectivity index (χ1v) is 10.2. The number of non-ortho nitro benzene ring substituents is 1. The Bertz CT molecular complexity index is 1360. The fraction of sp³-hybridized carbons (Fsp3) is 0.120. The van der Waals surface area contributed by atoms with Crippen molar-refractivity contribution in [1.29, 1.82) is 0 Å². The number of benzene rings is 3. The van der Waals surface area contributed by atoms with Gasteiger partial charge in [0.1, 0.15) is 11.5 Å². The minimum atomic E-state index is -0.713. The number of hydrogen-bond donors (Lipinski definition) is 0. The minimum absolute atomic E-state index is 0.0457. The van der Waals surface area contributed by atoms with E-state index in [0.29, 0.717) is 28.4 Å². The molecular weight excluding hydrogens is 458 g/mol. The number of hydrogen-bond acceptors (Lipinski definition) is 9. The predicted molar refractivity (Wildman–Crippen MR) is 124 cm³/mol. The van der Waals surface area contributed by atoms with Gasteiger partial charge in [-0.25, -0.2) is 4.79 Å². The van der Waals surface area contributed by atoms with Crippen molar-refractivity contribution in [3.8, 4) is 28.7 Å². The lowest BCUT2D eigenvalue weighted by molar-refractivity contribution is -0.384. The highest BCUT2D eigenvalue weighted by Gasteiger charge is 2.29. The van der Waals surface area contributed by atoms with Crippen LogP contribution in [0.15, 0.2) is 60.4 Å². The summed E-state index contributed by atoms with van der Waals surface area (Å²) in [7, 11) is 4.45. The SMILES string of the molecule is COc1ccc(/C=C2\Oc3cc(OC(=O)c4ccc([N+](=O)[O-])cc4)ccc3C2=O)c(OC)c1OC. The molecule has 0 fully saturated rings. The van der Waals surface area contributed by atoms with Crippen LogP contribution in [0, 0.1) is 10.1 Å². The van der Waals surface area contributed by atoms with Crippen molar-refractivity contribution < 1.29 is 38.2 Å².